The zero-order valence-electron chi connectivity index (χ0n) is 18.1. The Bertz CT molecular complexity index is 1240. The zero-order valence-corrected chi connectivity index (χ0v) is 20.4. The summed E-state index contributed by atoms with van der Waals surface area (Å²) >= 11 is 13.2. The van der Waals surface area contributed by atoms with Crippen molar-refractivity contribution in [2.75, 3.05) is 10.2 Å². The Morgan fingerprint density at radius 1 is 1.06 bits per heavy atom. The van der Waals surface area contributed by atoms with Crippen molar-refractivity contribution in [3.05, 3.63) is 94.0 Å². The highest BCUT2D eigenvalue weighted by Gasteiger charge is 2.40. The van der Waals surface area contributed by atoms with Gasteiger partial charge in [-0.2, -0.15) is 5.10 Å². The van der Waals surface area contributed by atoms with Crippen LogP contribution in [0.4, 0.5) is 11.4 Å². The minimum atomic E-state index is -0.650. The van der Waals surface area contributed by atoms with Crippen LogP contribution in [0.15, 0.2) is 83.0 Å². The number of nitrogens with one attached hydrogen (secondary N) is 1. The van der Waals surface area contributed by atoms with E-state index in [1.165, 1.54) is 16.7 Å². The fourth-order valence-electron chi connectivity index (χ4n) is 3.28. The largest absolute Gasteiger partial charge is 0.326 e. The maximum Gasteiger partial charge on any atom is 0.247 e. The lowest BCUT2D eigenvalue weighted by Crippen LogP contribution is -2.33. The molecule has 6 nitrogen and oxygen atoms in total. The van der Waals surface area contributed by atoms with Gasteiger partial charge in [0.05, 0.1) is 11.9 Å². The second kappa shape index (κ2) is 10.9. The highest BCUT2D eigenvalue weighted by atomic mass is 35.5. The molecule has 0 spiro atoms. The number of amidine groups is 1. The smallest absolute Gasteiger partial charge is 0.247 e. The van der Waals surface area contributed by atoms with Gasteiger partial charge < -0.3 is 5.32 Å². The summed E-state index contributed by atoms with van der Waals surface area (Å²) in [6, 6.07) is 21.8. The van der Waals surface area contributed by atoms with Gasteiger partial charge in [0.2, 0.25) is 11.8 Å². The molecule has 4 rings (SSSR count). The number of nitrogens with zero attached hydrogens (tertiary/aromatic N) is 3. The quantitative estimate of drug-likeness (QED) is 0.318. The van der Waals surface area contributed by atoms with Crippen LogP contribution in [0.3, 0.4) is 0 Å². The molecule has 0 aromatic heterocycles. The van der Waals surface area contributed by atoms with Gasteiger partial charge in [0, 0.05) is 22.2 Å². The molecule has 0 bridgehead atoms. The van der Waals surface area contributed by atoms with E-state index >= 15 is 0 Å². The molecule has 1 fully saturated rings. The molecule has 9 heteroatoms. The summed E-state index contributed by atoms with van der Waals surface area (Å²) in [7, 11) is 0. The average molecular weight is 511 g/mol. The van der Waals surface area contributed by atoms with Gasteiger partial charge in [-0.05, 0) is 42.8 Å². The van der Waals surface area contributed by atoms with Crippen LogP contribution in [0, 0.1) is 6.92 Å². The number of hydrogen-bond acceptors (Lipinski definition) is 5. The van der Waals surface area contributed by atoms with Crippen LogP contribution in [0.5, 0.6) is 0 Å². The second-order valence-electron chi connectivity index (χ2n) is 7.56. The summed E-state index contributed by atoms with van der Waals surface area (Å²) in [5.41, 5.74) is 3.17. The Morgan fingerprint density at radius 2 is 1.74 bits per heavy atom. The van der Waals surface area contributed by atoms with Crippen molar-refractivity contribution < 1.29 is 9.59 Å². The number of aryl methyl sites for hydroxylation is 1. The maximum absolute atomic E-state index is 13.2. The Kier molecular flexibility index (Phi) is 7.67. The number of amides is 2. The molecule has 1 aliphatic heterocycles. The highest BCUT2D eigenvalue weighted by molar-refractivity contribution is 8.16. The SMILES string of the molecule is Cc1ccc(/C=N/N=C2\SC(CC(=O)Nc3cc(Cl)cc(Cl)c3)C(=O)N2c2ccccc2)cc1. The summed E-state index contributed by atoms with van der Waals surface area (Å²) in [5.74, 6) is -0.568. The van der Waals surface area contributed by atoms with E-state index in [0.717, 1.165) is 11.1 Å². The highest BCUT2D eigenvalue weighted by Crippen LogP contribution is 2.34. The van der Waals surface area contributed by atoms with E-state index in [0.29, 0.717) is 26.6 Å². The third kappa shape index (κ3) is 6.05. The number of halogens is 2. The van der Waals surface area contributed by atoms with Crippen LogP contribution in [0.1, 0.15) is 17.5 Å². The predicted molar refractivity (Wildman–Crippen MR) is 141 cm³/mol. The molecule has 1 aliphatic rings. The molecule has 1 heterocycles. The third-order valence-corrected chi connectivity index (χ3v) is 6.46. The lowest BCUT2D eigenvalue weighted by molar-refractivity contribution is -0.121. The van der Waals surface area contributed by atoms with Crippen molar-refractivity contribution in [1.29, 1.82) is 0 Å². The number of thioether (sulfide) groups is 1. The number of carbonyl (C=O) groups excluding carboxylic acids is 2. The Labute approximate surface area is 211 Å². The standard InChI is InChI=1S/C25H20Cl2N4O2S/c1-16-7-9-17(10-8-16)15-28-30-25-31(21-5-3-2-4-6-21)24(33)22(34-25)14-23(32)29-20-12-18(26)11-19(27)13-20/h2-13,15,22H,14H2,1H3,(H,29,32)/b28-15+,30-25-. The number of carbonyl (C=O) groups is 2. The monoisotopic (exact) mass is 510 g/mol. The molecule has 1 saturated heterocycles. The first-order chi connectivity index (χ1) is 16.4. The Morgan fingerprint density at radius 3 is 2.41 bits per heavy atom. The van der Waals surface area contributed by atoms with E-state index in [9.17, 15) is 9.59 Å². The molecule has 1 atom stereocenters. The lowest BCUT2D eigenvalue weighted by atomic mass is 10.2. The molecule has 3 aromatic rings. The molecule has 1 N–H and O–H groups in total. The predicted octanol–water partition coefficient (Wildman–Crippen LogP) is 6.17. The fraction of sp³-hybridized carbons (Fsp3) is 0.120. The van der Waals surface area contributed by atoms with Gasteiger partial charge in [-0.15, -0.1) is 5.10 Å². The Hall–Kier alpha value is -3.13. The van der Waals surface area contributed by atoms with Crippen LogP contribution in [0.2, 0.25) is 10.0 Å². The van der Waals surface area contributed by atoms with Crippen molar-refractivity contribution in [2.24, 2.45) is 10.2 Å². The first-order valence-corrected chi connectivity index (χ1v) is 12.0. The average Bonchev–Trinajstić information content (AvgIpc) is 3.09. The van der Waals surface area contributed by atoms with Crippen LogP contribution in [-0.4, -0.2) is 28.4 Å². The van der Waals surface area contributed by atoms with Gasteiger partial charge >= 0.3 is 0 Å². The summed E-state index contributed by atoms with van der Waals surface area (Å²) in [5, 5.41) is 11.8. The Balaban J connectivity index is 1.53. The summed E-state index contributed by atoms with van der Waals surface area (Å²) in [6.45, 7) is 2.01. The van der Waals surface area contributed by atoms with E-state index in [1.807, 2.05) is 61.5 Å². The number of benzene rings is 3. The summed E-state index contributed by atoms with van der Waals surface area (Å²) < 4.78 is 0. The van der Waals surface area contributed by atoms with Crippen LogP contribution < -0.4 is 10.2 Å². The van der Waals surface area contributed by atoms with E-state index < -0.39 is 5.25 Å². The van der Waals surface area contributed by atoms with Gasteiger partial charge in [-0.3, -0.25) is 14.5 Å². The number of rotatable bonds is 6. The molecule has 0 radical (unpaired) electrons. The molecular weight excluding hydrogens is 491 g/mol. The van der Waals surface area contributed by atoms with Crippen LogP contribution in [-0.2, 0) is 9.59 Å². The van der Waals surface area contributed by atoms with Crippen molar-refractivity contribution in [2.45, 2.75) is 18.6 Å². The van der Waals surface area contributed by atoms with Crippen molar-refractivity contribution in [3.8, 4) is 0 Å². The van der Waals surface area contributed by atoms with E-state index in [2.05, 4.69) is 15.5 Å². The van der Waals surface area contributed by atoms with E-state index in [4.69, 9.17) is 23.2 Å². The van der Waals surface area contributed by atoms with Gasteiger partial charge in [0.25, 0.3) is 0 Å². The second-order valence-corrected chi connectivity index (χ2v) is 9.61. The fourth-order valence-corrected chi connectivity index (χ4v) is 4.90. The molecule has 3 aromatic carbocycles. The molecule has 0 saturated carbocycles. The van der Waals surface area contributed by atoms with Crippen LogP contribution in [0.25, 0.3) is 0 Å². The van der Waals surface area contributed by atoms with E-state index in [-0.39, 0.29) is 18.2 Å². The number of anilines is 2. The van der Waals surface area contributed by atoms with Gasteiger partial charge in [0.1, 0.15) is 5.25 Å². The first-order valence-electron chi connectivity index (χ1n) is 10.4. The number of hydrogen-bond donors (Lipinski definition) is 1. The topological polar surface area (TPSA) is 74.1 Å². The third-order valence-electron chi connectivity index (χ3n) is 4.89. The van der Waals surface area contributed by atoms with Crippen molar-refractivity contribution >= 4 is 69.5 Å². The molecular formula is C25H20Cl2N4O2S. The number of para-hydroxylation sites is 1. The first kappa shape index (κ1) is 24.0. The molecule has 1 unspecified atom stereocenters. The molecule has 0 aliphatic carbocycles. The van der Waals surface area contributed by atoms with Crippen LogP contribution >= 0.6 is 35.0 Å². The van der Waals surface area contributed by atoms with Crippen molar-refractivity contribution in [3.63, 3.8) is 0 Å². The minimum Gasteiger partial charge on any atom is -0.326 e. The van der Waals surface area contributed by atoms with E-state index in [1.54, 1.807) is 24.4 Å². The lowest BCUT2D eigenvalue weighted by Gasteiger charge is -2.15. The minimum absolute atomic E-state index is 0.0440. The summed E-state index contributed by atoms with van der Waals surface area (Å²) in [4.78, 5) is 27.4. The molecule has 34 heavy (non-hydrogen) atoms. The van der Waals surface area contributed by atoms with Gasteiger partial charge in [-0.25, -0.2) is 0 Å². The van der Waals surface area contributed by atoms with Gasteiger partial charge in [0.15, 0.2) is 5.17 Å². The normalized spacial score (nSPS) is 17.0. The van der Waals surface area contributed by atoms with Crippen molar-refractivity contribution in [1.82, 2.24) is 0 Å². The zero-order chi connectivity index (χ0) is 24.1. The maximum atomic E-state index is 13.2. The molecule has 172 valence electrons. The van der Waals surface area contributed by atoms with Gasteiger partial charge in [-0.1, -0.05) is 83.0 Å². The molecule has 2 amide bonds. The summed E-state index contributed by atoms with van der Waals surface area (Å²) in [6.07, 6.45) is 1.58.